The summed E-state index contributed by atoms with van der Waals surface area (Å²) in [6.07, 6.45) is 6.29. The molecule has 0 saturated carbocycles. The van der Waals surface area contributed by atoms with Gasteiger partial charge in [0.15, 0.2) is 5.96 Å². The number of hydrogen-bond acceptors (Lipinski definition) is 7. The average molecular weight is 506 g/mol. The molecular formula is C22H35N9O5. The third-order valence-corrected chi connectivity index (χ3v) is 6.37. The molecule has 2 saturated heterocycles. The Balaban J connectivity index is 1.67. The Morgan fingerprint density at radius 1 is 1.19 bits per heavy atom. The molecule has 0 spiro atoms. The number of H-pyrrole nitrogens is 1. The maximum atomic E-state index is 13.2. The Morgan fingerprint density at radius 3 is 2.64 bits per heavy atom. The number of nitrogens with one attached hydrogen (secondary N) is 4. The van der Waals surface area contributed by atoms with E-state index >= 15 is 0 Å². The molecule has 2 aliphatic heterocycles. The van der Waals surface area contributed by atoms with Gasteiger partial charge in [-0.3, -0.25) is 19.4 Å². The quantitative estimate of drug-likeness (QED) is 0.0929. The second-order valence-corrected chi connectivity index (χ2v) is 9.03. The van der Waals surface area contributed by atoms with Crippen molar-refractivity contribution >= 4 is 29.7 Å². The minimum Gasteiger partial charge on any atom is -0.480 e. The van der Waals surface area contributed by atoms with E-state index in [1.54, 1.807) is 4.90 Å². The molecule has 14 nitrogen and oxygen atoms in total. The third-order valence-electron chi connectivity index (χ3n) is 6.37. The molecule has 36 heavy (non-hydrogen) atoms. The molecule has 0 aliphatic carbocycles. The van der Waals surface area contributed by atoms with Crippen LogP contribution in [0.2, 0.25) is 0 Å². The van der Waals surface area contributed by atoms with Crippen LogP contribution >= 0.6 is 0 Å². The largest absolute Gasteiger partial charge is 0.480 e. The van der Waals surface area contributed by atoms with Crippen molar-refractivity contribution in [3.8, 4) is 0 Å². The number of aliphatic imine (C=N–C) groups is 1. The van der Waals surface area contributed by atoms with Gasteiger partial charge in [0, 0.05) is 31.4 Å². The van der Waals surface area contributed by atoms with Crippen LogP contribution in [0.15, 0.2) is 17.5 Å². The van der Waals surface area contributed by atoms with Gasteiger partial charge in [-0.1, -0.05) is 0 Å². The number of rotatable bonds is 12. The summed E-state index contributed by atoms with van der Waals surface area (Å²) < 4.78 is 0. The summed E-state index contributed by atoms with van der Waals surface area (Å²) in [7, 11) is 0. The number of guanidine groups is 1. The molecule has 2 fully saturated rings. The first kappa shape index (κ1) is 26.9. The van der Waals surface area contributed by atoms with Crippen molar-refractivity contribution in [3.05, 3.63) is 18.2 Å². The standard InChI is InChI=1S/C22H35N9O5/c23-22(24)27-8-2-5-15(21(35)36)29-18(32)16(10-13-11-25-12-28-13)30-19(33)17-6-3-9-31(17)20(34)14-4-1-7-26-14/h11-12,14-17,26H,1-10H2,(H,25,28)(H,29,32)(H,30,33)(H,35,36)(H4,23,24,27). The molecule has 0 aromatic carbocycles. The summed E-state index contributed by atoms with van der Waals surface area (Å²) in [6, 6.07) is -3.24. The van der Waals surface area contributed by atoms with E-state index in [2.05, 4.69) is 30.9 Å². The second-order valence-electron chi connectivity index (χ2n) is 9.03. The van der Waals surface area contributed by atoms with Gasteiger partial charge in [0.05, 0.1) is 12.4 Å². The van der Waals surface area contributed by atoms with Crippen molar-refractivity contribution in [3.63, 3.8) is 0 Å². The van der Waals surface area contributed by atoms with E-state index < -0.39 is 35.9 Å². The van der Waals surface area contributed by atoms with Gasteiger partial charge in [-0.25, -0.2) is 9.78 Å². The number of nitrogens with zero attached hydrogens (tertiary/aromatic N) is 3. The molecule has 198 valence electrons. The number of nitrogens with two attached hydrogens (primary N) is 2. The van der Waals surface area contributed by atoms with Crippen molar-refractivity contribution in [2.45, 2.75) is 69.1 Å². The smallest absolute Gasteiger partial charge is 0.326 e. The van der Waals surface area contributed by atoms with Gasteiger partial charge >= 0.3 is 5.97 Å². The van der Waals surface area contributed by atoms with E-state index in [4.69, 9.17) is 11.5 Å². The number of likely N-dealkylation sites (tertiary alicyclic amines) is 1. The van der Waals surface area contributed by atoms with Gasteiger partial charge in [0.25, 0.3) is 0 Å². The van der Waals surface area contributed by atoms with Crippen LogP contribution < -0.4 is 27.4 Å². The first-order chi connectivity index (χ1) is 17.3. The molecular weight excluding hydrogens is 470 g/mol. The highest BCUT2D eigenvalue weighted by atomic mass is 16.4. The first-order valence-corrected chi connectivity index (χ1v) is 12.2. The minimum atomic E-state index is -1.21. The molecule has 9 N–H and O–H groups in total. The van der Waals surface area contributed by atoms with Crippen LogP contribution in [-0.2, 0) is 25.6 Å². The summed E-state index contributed by atoms with van der Waals surface area (Å²) >= 11 is 0. The Morgan fingerprint density at radius 2 is 2.00 bits per heavy atom. The average Bonchev–Trinajstić information content (AvgIpc) is 3.62. The van der Waals surface area contributed by atoms with Crippen LogP contribution in [-0.4, -0.2) is 93.4 Å². The third kappa shape index (κ3) is 7.41. The van der Waals surface area contributed by atoms with Gasteiger partial charge in [-0.05, 0) is 45.1 Å². The van der Waals surface area contributed by atoms with E-state index in [1.165, 1.54) is 12.5 Å². The Bertz CT molecular complexity index is 942. The molecule has 0 bridgehead atoms. The van der Waals surface area contributed by atoms with E-state index in [-0.39, 0.29) is 37.3 Å². The summed E-state index contributed by atoms with van der Waals surface area (Å²) in [6.45, 7) is 1.46. The SMILES string of the molecule is NC(N)=NCCCC(NC(=O)C(Cc1cnc[nH]1)NC(=O)C1CCCN1C(=O)C1CCCN1)C(=O)O. The summed E-state index contributed by atoms with van der Waals surface area (Å²) in [4.78, 5) is 63.2. The fraction of sp³-hybridized carbons (Fsp3) is 0.636. The molecule has 3 rings (SSSR count). The Labute approximate surface area is 208 Å². The maximum Gasteiger partial charge on any atom is 0.326 e. The summed E-state index contributed by atoms with van der Waals surface area (Å²) in [5.41, 5.74) is 11.2. The fourth-order valence-electron chi connectivity index (χ4n) is 4.53. The number of aliphatic carboxylic acids is 1. The lowest BCUT2D eigenvalue weighted by atomic mass is 10.1. The van der Waals surface area contributed by atoms with Crippen LogP contribution in [0, 0.1) is 0 Å². The number of carboxylic acids is 1. The number of aromatic amines is 1. The highest BCUT2D eigenvalue weighted by molar-refractivity contribution is 5.94. The Hall–Kier alpha value is -3.68. The highest BCUT2D eigenvalue weighted by Gasteiger charge is 2.39. The van der Waals surface area contributed by atoms with E-state index in [1.807, 2.05) is 0 Å². The van der Waals surface area contributed by atoms with Crippen LogP contribution in [0.25, 0.3) is 0 Å². The first-order valence-electron chi connectivity index (χ1n) is 12.2. The van der Waals surface area contributed by atoms with Crippen molar-refractivity contribution in [1.82, 2.24) is 30.8 Å². The molecule has 3 heterocycles. The second kappa shape index (κ2) is 12.9. The zero-order chi connectivity index (χ0) is 26.1. The predicted molar refractivity (Wildman–Crippen MR) is 129 cm³/mol. The number of amides is 3. The van der Waals surface area contributed by atoms with Gasteiger partial charge < -0.3 is 42.4 Å². The number of aromatic nitrogens is 2. The van der Waals surface area contributed by atoms with Crippen LogP contribution in [0.3, 0.4) is 0 Å². The van der Waals surface area contributed by atoms with Crippen molar-refractivity contribution in [2.24, 2.45) is 16.5 Å². The number of carbonyl (C=O) groups is 4. The number of carboxylic acid groups (broad SMARTS) is 1. The molecule has 0 radical (unpaired) electrons. The van der Waals surface area contributed by atoms with Crippen LogP contribution in [0.4, 0.5) is 0 Å². The zero-order valence-electron chi connectivity index (χ0n) is 20.1. The van der Waals surface area contributed by atoms with E-state index in [9.17, 15) is 24.3 Å². The van der Waals surface area contributed by atoms with Gasteiger partial charge in [-0.15, -0.1) is 0 Å². The maximum absolute atomic E-state index is 13.2. The minimum absolute atomic E-state index is 0.0722. The number of carbonyl (C=O) groups excluding carboxylic acids is 3. The fourth-order valence-corrected chi connectivity index (χ4v) is 4.53. The lowest BCUT2D eigenvalue weighted by Gasteiger charge is -2.28. The molecule has 1 aromatic heterocycles. The molecule has 3 amide bonds. The molecule has 4 unspecified atom stereocenters. The molecule has 4 atom stereocenters. The number of imidazole rings is 1. The summed E-state index contributed by atoms with van der Waals surface area (Å²) in [5.74, 6) is -2.52. The predicted octanol–water partition coefficient (Wildman–Crippen LogP) is -2.20. The van der Waals surface area contributed by atoms with E-state index in [0.29, 0.717) is 31.5 Å². The van der Waals surface area contributed by atoms with Gasteiger partial charge in [0.1, 0.15) is 18.1 Å². The lowest BCUT2D eigenvalue weighted by molar-refractivity contribution is -0.143. The van der Waals surface area contributed by atoms with Gasteiger partial charge in [0.2, 0.25) is 17.7 Å². The summed E-state index contributed by atoms with van der Waals surface area (Å²) in [5, 5.41) is 18.0. The molecule has 14 heteroatoms. The van der Waals surface area contributed by atoms with Crippen molar-refractivity contribution in [2.75, 3.05) is 19.6 Å². The molecule has 2 aliphatic rings. The lowest BCUT2D eigenvalue weighted by Crippen LogP contribution is -2.57. The topological polar surface area (TPSA) is 221 Å². The van der Waals surface area contributed by atoms with Crippen LogP contribution in [0.1, 0.15) is 44.2 Å². The van der Waals surface area contributed by atoms with Crippen molar-refractivity contribution < 1.29 is 24.3 Å². The van der Waals surface area contributed by atoms with E-state index in [0.717, 1.165) is 19.4 Å². The Kier molecular flexibility index (Phi) is 9.61. The van der Waals surface area contributed by atoms with Gasteiger partial charge in [-0.2, -0.15) is 0 Å². The normalized spacial score (nSPS) is 20.9. The molecule has 1 aromatic rings. The van der Waals surface area contributed by atoms with Crippen LogP contribution in [0.5, 0.6) is 0 Å². The zero-order valence-corrected chi connectivity index (χ0v) is 20.1. The number of hydrogen-bond donors (Lipinski definition) is 7. The highest BCUT2D eigenvalue weighted by Crippen LogP contribution is 2.21. The monoisotopic (exact) mass is 505 g/mol. The van der Waals surface area contributed by atoms with Crippen molar-refractivity contribution in [1.29, 1.82) is 0 Å².